The third-order valence-corrected chi connectivity index (χ3v) is 4.39. The van der Waals surface area contributed by atoms with Crippen molar-refractivity contribution in [1.29, 1.82) is 0 Å². The molecule has 2 rings (SSSR count). The highest BCUT2D eigenvalue weighted by Gasteiger charge is 2.24. The molecule has 1 aromatic rings. The van der Waals surface area contributed by atoms with Gasteiger partial charge in [-0.05, 0) is 31.4 Å². The van der Waals surface area contributed by atoms with E-state index in [0.717, 1.165) is 36.1 Å². The summed E-state index contributed by atoms with van der Waals surface area (Å²) in [5.74, 6) is 0.898. The molecule has 0 bridgehead atoms. The van der Waals surface area contributed by atoms with Gasteiger partial charge in [0.05, 0.1) is 6.26 Å². The summed E-state index contributed by atoms with van der Waals surface area (Å²) in [6.07, 6.45) is 6.17. The molecule has 1 aliphatic rings. The van der Waals surface area contributed by atoms with Crippen molar-refractivity contribution in [3.8, 4) is 0 Å². The van der Waals surface area contributed by atoms with Crippen molar-refractivity contribution < 1.29 is 8.42 Å². The average molecular weight is 348 g/mol. The highest BCUT2D eigenvalue weighted by molar-refractivity contribution is 9.10. The van der Waals surface area contributed by atoms with Gasteiger partial charge in [-0.15, -0.1) is 0 Å². The molecule has 1 aliphatic heterocycles. The molecule has 1 saturated heterocycles. The van der Waals surface area contributed by atoms with Crippen LogP contribution in [0.5, 0.6) is 0 Å². The van der Waals surface area contributed by atoms with Gasteiger partial charge in [0.2, 0.25) is 10.0 Å². The molecule has 1 N–H and O–H groups in total. The van der Waals surface area contributed by atoms with Crippen molar-refractivity contribution in [3.05, 3.63) is 22.8 Å². The Hall–Kier alpha value is -0.660. The fourth-order valence-corrected chi connectivity index (χ4v) is 3.13. The quantitative estimate of drug-likeness (QED) is 0.901. The van der Waals surface area contributed by atoms with Crippen LogP contribution in [0.15, 0.2) is 22.8 Å². The van der Waals surface area contributed by atoms with E-state index in [0.29, 0.717) is 6.54 Å². The maximum Gasteiger partial charge on any atom is 0.208 e. The van der Waals surface area contributed by atoms with Crippen molar-refractivity contribution in [2.45, 2.75) is 25.3 Å². The van der Waals surface area contributed by atoms with Crippen molar-refractivity contribution in [2.24, 2.45) is 0 Å². The summed E-state index contributed by atoms with van der Waals surface area (Å²) in [7, 11) is -3.14. The molecule has 106 valence electrons. The van der Waals surface area contributed by atoms with Crippen LogP contribution in [0.4, 0.5) is 5.82 Å². The van der Waals surface area contributed by atoms with Crippen molar-refractivity contribution in [3.63, 3.8) is 0 Å². The Labute approximate surface area is 122 Å². The van der Waals surface area contributed by atoms with Crippen LogP contribution >= 0.6 is 15.9 Å². The fourth-order valence-electron chi connectivity index (χ4n) is 2.31. The molecule has 19 heavy (non-hydrogen) atoms. The van der Waals surface area contributed by atoms with E-state index in [1.165, 1.54) is 6.26 Å². The maximum atomic E-state index is 11.2. The van der Waals surface area contributed by atoms with Crippen LogP contribution in [-0.2, 0) is 10.0 Å². The van der Waals surface area contributed by atoms with Gasteiger partial charge in [-0.25, -0.2) is 18.1 Å². The lowest BCUT2D eigenvalue weighted by Crippen LogP contribution is -2.47. The van der Waals surface area contributed by atoms with Gasteiger partial charge in [0.25, 0.3) is 0 Å². The largest absolute Gasteiger partial charge is 0.352 e. The lowest BCUT2D eigenvalue weighted by atomic mass is 10.0. The molecule has 0 aliphatic carbocycles. The first-order valence-electron chi connectivity index (χ1n) is 6.28. The first-order valence-corrected chi connectivity index (χ1v) is 8.97. The molecule has 5 nitrogen and oxygen atoms in total. The van der Waals surface area contributed by atoms with Gasteiger partial charge in [0.15, 0.2) is 0 Å². The molecule has 1 unspecified atom stereocenters. The predicted molar refractivity (Wildman–Crippen MR) is 79.8 cm³/mol. The number of hydrogen-bond acceptors (Lipinski definition) is 4. The first kappa shape index (κ1) is 14.7. The summed E-state index contributed by atoms with van der Waals surface area (Å²) in [6.45, 7) is 1.35. The van der Waals surface area contributed by atoms with Crippen LogP contribution in [0, 0.1) is 0 Å². The second-order valence-corrected chi connectivity index (χ2v) is 7.54. The number of hydrogen-bond donors (Lipinski definition) is 1. The second kappa shape index (κ2) is 6.19. The number of sulfonamides is 1. The third-order valence-electron chi connectivity index (χ3n) is 3.21. The van der Waals surface area contributed by atoms with Gasteiger partial charge in [0, 0.05) is 29.8 Å². The molecular weight excluding hydrogens is 330 g/mol. The minimum Gasteiger partial charge on any atom is -0.352 e. The number of anilines is 1. The molecule has 0 radical (unpaired) electrons. The highest BCUT2D eigenvalue weighted by atomic mass is 79.9. The minimum absolute atomic E-state index is 0.172. The van der Waals surface area contributed by atoms with Gasteiger partial charge in [-0.1, -0.05) is 15.9 Å². The van der Waals surface area contributed by atoms with Crippen molar-refractivity contribution >= 4 is 31.8 Å². The Kier molecular flexibility index (Phi) is 4.81. The molecule has 1 fully saturated rings. The number of nitrogens with zero attached hydrogens (tertiary/aromatic N) is 2. The summed E-state index contributed by atoms with van der Waals surface area (Å²) in [4.78, 5) is 6.56. The molecule has 2 heterocycles. The number of rotatable bonds is 4. The zero-order valence-electron chi connectivity index (χ0n) is 10.8. The monoisotopic (exact) mass is 347 g/mol. The Bertz CT molecular complexity index is 536. The molecular formula is C12H18BrN3O2S. The van der Waals surface area contributed by atoms with Crippen molar-refractivity contribution in [1.82, 2.24) is 9.71 Å². The number of piperidine rings is 1. The number of halogens is 1. The van der Waals surface area contributed by atoms with Gasteiger partial charge in [-0.2, -0.15) is 0 Å². The number of nitrogens with one attached hydrogen (secondary N) is 1. The van der Waals surface area contributed by atoms with Gasteiger partial charge in [-0.3, -0.25) is 0 Å². The number of pyridine rings is 1. The van der Waals surface area contributed by atoms with E-state index < -0.39 is 10.0 Å². The first-order chi connectivity index (χ1) is 8.96. The molecule has 1 atom stereocenters. The van der Waals surface area contributed by atoms with Gasteiger partial charge >= 0.3 is 0 Å². The van der Waals surface area contributed by atoms with E-state index in [4.69, 9.17) is 0 Å². The summed E-state index contributed by atoms with van der Waals surface area (Å²) in [5, 5.41) is 0. The van der Waals surface area contributed by atoms with Crippen LogP contribution in [0.3, 0.4) is 0 Å². The molecule has 0 saturated carbocycles. The van der Waals surface area contributed by atoms with E-state index in [1.807, 2.05) is 12.1 Å². The second-order valence-electron chi connectivity index (χ2n) is 4.80. The summed E-state index contributed by atoms with van der Waals surface area (Å²) < 4.78 is 26.0. The zero-order valence-corrected chi connectivity index (χ0v) is 13.2. The van der Waals surface area contributed by atoms with Crippen LogP contribution in [0.2, 0.25) is 0 Å². The van der Waals surface area contributed by atoms with Gasteiger partial charge in [0.1, 0.15) is 5.82 Å². The lowest BCUT2D eigenvalue weighted by molar-refractivity contribution is 0.450. The average Bonchev–Trinajstić information content (AvgIpc) is 2.36. The van der Waals surface area contributed by atoms with Crippen LogP contribution < -0.4 is 9.62 Å². The van der Waals surface area contributed by atoms with E-state index in [2.05, 4.69) is 30.5 Å². The van der Waals surface area contributed by atoms with E-state index >= 15 is 0 Å². The van der Waals surface area contributed by atoms with Crippen LogP contribution in [0.25, 0.3) is 0 Å². The SMILES string of the molecule is CS(=O)(=O)NCC1CCCCN1c1cc(Br)ccn1. The fraction of sp³-hybridized carbons (Fsp3) is 0.583. The highest BCUT2D eigenvalue weighted by Crippen LogP contribution is 2.24. The smallest absolute Gasteiger partial charge is 0.208 e. The summed E-state index contributed by atoms with van der Waals surface area (Å²) >= 11 is 3.44. The number of aromatic nitrogens is 1. The van der Waals surface area contributed by atoms with Crippen LogP contribution in [0.1, 0.15) is 19.3 Å². The van der Waals surface area contributed by atoms with E-state index in [1.54, 1.807) is 6.20 Å². The van der Waals surface area contributed by atoms with Gasteiger partial charge < -0.3 is 4.90 Å². The predicted octanol–water partition coefficient (Wildman–Crippen LogP) is 1.75. The van der Waals surface area contributed by atoms with Crippen molar-refractivity contribution in [2.75, 3.05) is 24.2 Å². The lowest BCUT2D eigenvalue weighted by Gasteiger charge is -2.36. The Morgan fingerprint density at radius 1 is 1.53 bits per heavy atom. The Morgan fingerprint density at radius 2 is 2.32 bits per heavy atom. The molecule has 7 heteroatoms. The normalized spacial score (nSPS) is 20.5. The summed E-state index contributed by atoms with van der Waals surface area (Å²) in [5.41, 5.74) is 0. The zero-order chi connectivity index (χ0) is 13.9. The van der Waals surface area contributed by atoms with E-state index in [9.17, 15) is 8.42 Å². The minimum atomic E-state index is -3.14. The molecule has 0 spiro atoms. The topological polar surface area (TPSA) is 62.3 Å². The molecule has 1 aromatic heterocycles. The standard InChI is InChI=1S/C12H18BrN3O2S/c1-19(17,18)15-9-11-4-2-3-7-16(11)12-8-10(13)5-6-14-12/h5-6,8,11,15H,2-4,7,9H2,1H3. The van der Waals surface area contributed by atoms with Crippen LogP contribution in [-0.4, -0.2) is 38.8 Å². The molecule has 0 aromatic carbocycles. The maximum absolute atomic E-state index is 11.2. The Balaban J connectivity index is 2.12. The summed E-state index contributed by atoms with van der Waals surface area (Å²) in [6, 6.07) is 4.03. The third kappa shape index (κ3) is 4.43. The van der Waals surface area contributed by atoms with E-state index in [-0.39, 0.29) is 6.04 Å². The Morgan fingerprint density at radius 3 is 3.00 bits per heavy atom. The molecule has 0 amide bonds.